The van der Waals surface area contributed by atoms with Crippen LogP contribution < -0.4 is 0 Å². The van der Waals surface area contributed by atoms with Crippen molar-refractivity contribution in [2.45, 2.75) is 65.0 Å². The Morgan fingerprint density at radius 2 is 2.00 bits per heavy atom. The minimum absolute atomic E-state index is 0.261. The first-order chi connectivity index (χ1) is 11.1. The molecule has 3 rings (SSSR count). The van der Waals surface area contributed by atoms with Gasteiger partial charge in [-0.15, -0.1) is 0 Å². The Kier molecular flexibility index (Phi) is 5.36. The Balaban J connectivity index is 1.55. The lowest BCUT2D eigenvalue weighted by atomic mass is 9.86. The van der Waals surface area contributed by atoms with Crippen LogP contribution in [0.4, 0.5) is 0 Å². The Morgan fingerprint density at radius 3 is 2.65 bits per heavy atom. The van der Waals surface area contributed by atoms with Gasteiger partial charge in [-0.2, -0.15) is 0 Å². The van der Waals surface area contributed by atoms with Gasteiger partial charge in [0.1, 0.15) is 0 Å². The Bertz CT molecular complexity index is 520. The van der Waals surface area contributed by atoms with Crippen LogP contribution >= 0.6 is 0 Å². The lowest BCUT2D eigenvalue weighted by Gasteiger charge is -2.40. The molecule has 2 saturated heterocycles. The van der Waals surface area contributed by atoms with Crippen molar-refractivity contribution in [3.63, 3.8) is 0 Å². The largest absolute Gasteiger partial charge is 0.360 e. The summed E-state index contributed by atoms with van der Waals surface area (Å²) < 4.78 is 5.33. The molecule has 5 nitrogen and oxygen atoms in total. The van der Waals surface area contributed by atoms with E-state index >= 15 is 0 Å². The summed E-state index contributed by atoms with van der Waals surface area (Å²) in [6, 6.07) is 2.49. The molecular weight excluding hydrogens is 290 g/mol. The smallest absolute Gasteiger partial charge is 0.219 e. The molecule has 2 fully saturated rings. The minimum Gasteiger partial charge on any atom is -0.360 e. The Hall–Kier alpha value is -1.36. The van der Waals surface area contributed by atoms with Gasteiger partial charge in [0.05, 0.1) is 12.2 Å². The van der Waals surface area contributed by atoms with Crippen LogP contribution in [-0.4, -0.2) is 46.5 Å². The van der Waals surface area contributed by atoms with Gasteiger partial charge in [-0.3, -0.25) is 9.69 Å². The molecule has 5 heteroatoms. The van der Waals surface area contributed by atoms with Crippen molar-refractivity contribution < 1.29 is 9.32 Å². The molecule has 128 valence electrons. The highest BCUT2D eigenvalue weighted by molar-refractivity contribution is 5.73. The van der Waals surface area contributed by atoms with Gasteiger partial charge in [0.2, 0.25) is 5.91 Å². The fourth-order valence-electron chi connectivity index (χ4n) is 4.22. The molecule has 3 heterocycles. The van der Waals surface area contributed by atoms with Gasteiger partial charge in [-0.25, -0.2) is 0 Å². The lowest BCUT2D eigenvalue weighted by molar-refractivity contribution is -0.132. The number of carbonyl (C=O) groups excluding carboxylic acids is 1. The summed E-state index contributed by atoms with van der Waals surface area (Å²) in [6.45, 7) is 7.69. The summed E-state index contributed by atoms with van der Waals surface area (Å²) in [5.41, 5.74) is 0.949. The Morgan fingerprint density at radius 1 is 1.22 bits per heavy atom. The summed E-state index contributed by atoms with van der Waals surface area (Å²) in [4.78, 5) is 16.6. The van der Waals surface area contributed by atoms with E-state index in [1.807, 2.05) is 13.0 Å². The number of piperidine rings is 1. The molecule has 1 aromatic heterocycles. The van der Waals surface area contributed by atoms with E-state index in [9.17, 15) is 4.79 Å². The van der Waals surface area contributed by atoms with Crippen molar-refractivity contribution in [2.24, 2.45) is 5.92 Å². The number of carbonyl (C=O) groups is 1. The molecule has 0 radical (unpaired) electrons. The fraction of sp³-hybridized carbons (Fsp3) is 0.778. The maximum absolute atomic E-state index is 12.0. The predicted molar refractivity (Wildman–Crippen MR) is 88.9 cm³/mol. The van der Waals surface area contributed by atoms with Crippen LogP contribution in [0.2, 0.25) is 0 Å². The molecule has 1 atom stereocenters. The number of amides is 1. The second-order valence-corrected chi connectivity index (χ2v) is 7.18. The van der Waals surface area contributed by atoms with E-state index in [0.717, 1.165) is 37.6 Å². The first-order valence-corrected chi connectivity index (χ1v) is 9.05. The molecule has 1 amide bonds. The molecule has 0 aliphatic carbocycles. The van der Waals surface area contributed by atoms with Crippen LogP contribution in [-0.2, 0) is 11.3 Å². The van der Waals surface area contributed by atoms with Crippen molar-refractivity contribution in [1.82, 2.24) is 15.0 Å². The van der Waals surface area contributed by atoms with Crippen molar-refractivity contribution in [1.29, 1.82) is 0 Å². The van der Waals surface area contributed by atoms with Gasteiger partial charge in [-0.05, 0) is 51.6 Å². The van der Waals surface area contributed by atoms with Crippen molar-refractivity contribution >= 4 is 5.91 Å². The summed E-state index contributed by atoms with van der Waals surface area (Å²) >= 11 is 0. The van der Waals surface area contributed by atoms with Gasteiger partial charge in [0.15, 0.2) is 5.76 Å². The predicted octanol–water partition coefficient (Wildman–Crippen LogP) is 2.99. The van der Waals surface area contributed by atoms with E-state index in [0.29, 0.717) is 12.0 Å². The summed E-state index contributed by atoms with van der Waals surface area (Å²) in [5, 5.41) is 3.96. The zero-order valence-electron chi connectivity index (χ0n) is 14.5. The summed E-state index contributed by atoms with van der Waals surface area (Å²) in [5.74, 6) is 1.88. The summed E-state index contributed by atoms with van der Waals surface area (Å²) in [7, 11) is 0. The highest BCUT2D eigenvalue weighted by atomic mass is 16.5. The molecule has 2 aliphatic heterocycles. The standard InChI is InChI=1S/C18H29N3O2/c1-14-12-17(23-19-14)13-20-10-7-16(8-11-20)18-6-4-3-5-9-21(18)15(2)22/h12,16,18H,3-11,13H2,1-2H3/t18-/m1/s1. The molecule has 0 saturated carbocycles. The third-order valence-corrected chi connectivity index (χ3v) is 5.44. The van der Waals surface area contributed by atoms with Crippen LogP contribution in [0, 0.1) is 12.8 Å². The van der Waals surface area contributed by atoms with Gasteiger partial charge in [0, 0.05) is 25.6 Å². The minimum atomic E-state index is 0.261. The number of aryl methyl sites for hydroxylation is 1. The van der Waals surface area contributed by atoms with Crippen LogP contribution in [0.25, 0.3) is 0 Å². The molecule has 23 heavy (non-hydrogen) atoms. The molecule has 2 aliphatic rings. The normalized spacial score (nSPS) is 24.6. The maximum Gasteiger partial charge on any atom is 0.219 e. The number of rotatable bonds is 3. The van der Waals surface area contributed by atoms with E-state index in [2.05, 4.69) is 15.0 Å². The zero-order valence-corrected chi connectivity index (χ0v) is 14.5. The average molecular weight is 319 g/mol. The van der Waals surface area contributed by atoms with Crippen molar-refractivity contribution in [3.8, 4) is 0 Å². The fourth-order valence-corrected chi connectivity index (χ4v) is 4.22. The van der Waals surface area contributed by atoms with Gasteiger partial charge < -0.3 is 9.42 Å². The molecule has 0 spiro atoms. The Labute approximate surface area is 139 Å². The van der Waals surface area contributed by atoms with E-state index in [-0.39, 0.29) is 5.91 Å². The molecular formula is C18H29N3O2. The van der Waals surface area contributed by atoms with Crippen molar-refractivity contribution in [3.05, 3.63) is 17.5 Å². The van der Waals surface area contributed by atoms with Gasteiger partial charge in [-0.1, -0.05) is 18.0 Å². The number of hydrogen-bond donors (Lipinski definition) is 0. The highest BCUT2D eigenvalue weighted by Crippen LogP contribution is 2.30. The monoisotopic (exact) mass is 319 g/mol. The molecule has 0 aromatic carbocycles. The highest BCUT2D eigenvalue weighted by Gasteiger charge is 2.32. The SMILES string of the molecule is CC(=O)N1CCCCC[C@@H]1C1CCN(Cc2cc(C)no2)CC1. The van der Waals surface area contributed by atoms with Crippen LogP contribution in [0.3, 0.4) is 0 Å². The number of aromatic nitrogens is 1. The van der Waals surface area contributed by atoms with E-state index in [1.54, 1.807) is 6.92 Å². The maximum atomic E-state index is 12.0. The van der Waals surface area contributed by atoms with Crippen LogP contribution in [0.5, 0.6) is 0 Å². The second kappa shape index (κ2) is 7.47. The first kappa shape index (κ1) is 16.5. The van der Waals surface area contributed by atoms with Crippen LogP contribution in [0.15, 0.2) is 10.6 Å². The van der Waals surface area contributed by atoms with Crippen LogP contribution in [0.1, 0.15) is 56.9 Å². The topological polar surface area (TPSA) is 49.6 Å². The van der Waals surface area contributed by atoms with Crippen molar-refractivity contribution in [2.75, 3.05) is 19.6 Å². The summed E-state index contributed by atoms with van der Waals surface area (Å²) in [6.07, 6.45) is 7.25. The molecule has 1 aromatic rings. The first-order valence-electron chi connectivity index (χ1n) is 9.05. The quantitative estimate of drug-likeness (QED) is 0.859. The third-order valence-electron chi connectivity index (χ3n) is 5.44. The van der Waals surface area contributed by atoms with E-state index in [1.165, 1.54) is 38.5 Å². The third kappa shape index (κ3) is 4.14. The zero-order chi connectivity index (χ0) is 16.2. The van der Waals surface area contributed by atoms with E-state index in [4.69, 9.17) is 4.52 Å². The number of nitrogens with zero attached hydrogens (tertiary/aromatic N) is 3. The molecule has 0 N–H and O–H groups in total. The number of hydrogen-bond acceptors (Lipinski definition) is 4. The number of likely N-dealkylation sites (tertiary alicyclic amines) is 2. The lowest BCUT2D eigenvalue weighted by Crippen LogP contribution is -2.47. The second-order valence-electron chi connectivity index (χ2n) is 7.18. The molecule has 0 bridgehead atoms. The molecule has 0 unspecified atom stereocenters. The van der Waals surface area contributed by atoms with Gasteiger partial charge in [0.25, 0.3) is 0 Å². The average Bonchev–Trinajstić information content (AvgIpc) is 2.80. The van der Waals surface area contributed by atoms with E-state index < -0.39 is 0 Å². The van der Waals surface area contributed by atoms with Gasteiger partial charge >= 0.3 is 0 Å².